The topological polar surface area (TPSA) is 32.3 Å². The zero-order valence-corrected chi connectivity index (χ0v) is 14.1. The molecule has 0 amide bonds. The molecule has 0 bridgehead atoms. The van der Waals surface area contributed by atoms with Crippen LogP contribution in [0.5, 0.6) is 5.75 Å². The number of anilines is 1. The number of alkyl halides is 1. The lowest BCUT2D eigenvalue weighted by atomic mass is 9.83. The van der Waals surface area contributed by atoms with E-state index in [2.05, 4.69) is 47.2 Å². The number of benzene rings is 1. The lowest BCUT2D eigenvalue weighted by molar-refractivity contribution is 0.415. The van der Waals surface area contributed by atoms with Crippen LogP contribution in [0.25, 0.3) is 0 Å². The third kappa shape index (κ3) is 3.91. The predicted molar refractivity (Wildman–Crippen MR) is 90.0 cm³/mol. The van der Waals surface area contributed by atoms with Crippen LogP contribution in [0.1, 0.15) is 57.4 Å². The smallest absolute Gasteiger partial charge is 0.142 e. The Balaban J connectivity index is 2.06. The second kappa shape index (κ2) is 7.35. The van der Waals surface area contributed by atoms with Crippen molar-refractivity contribution in [1.29, 1.82) is 0 Å². The van der Waals surface area contributed by atoms with Crippen molar-refractivity contribution in [2.24, 2.45) is 5.92 Å². The van der Waals surface area contributed by atoms with Gasteiger partial charge >= 0.3 is 0 Å². The lowest BCUT2D eigenvalue weighted by Gasteiger charge is -2.24. The van der Waals surface area contributed by atoms with Crippen molar-refractivity contribution in [3.8, 4) is 5.75 Å². The zero-order valence-electron chi connectivity index (χ0n) is 12.5. The van der Waals surface area contributed by atoms with Gasteiger partial charge in [0.15, 0.2) is 0 Å². The molecule has 1 aliphatic rings. The second-order valence-corrected chi connectivity index (χ2v) is 7.40. The number of aromatic hydroxyl groups is 1. The van der Waals surface area contributed by atoms with Gasteiger partial charge in [0, 0.05) is 11.4 Å². The first kappa shape index (κ1) is 15.7. The van der Waals surface area contributed by atoms with Crippen LogP contribution in [0.2, 0.25) is 0 Å². The van der Waals surface area contributed by atoms with Gasteiger partial charge in [-0.2, -0.15) is 0 Å². The minimum atomic E-state index is 0.417. The second-order valence-electron chi connectivity index (χ2n) is 6.22. The van der Waals surface area contributed by atoms with Gasteiger partial charge in [-0.25, -0.2) is 0 Å². The van der Waals surface area contributed by atoms with Gasteiger partial charge < -0.3 is 10.4 Å². The van der Waals surface area contributed by atoms with Gasteiger partial charge in [-0.05, 0) is 36.3 Å². The van der Waals surface area contributed by atoms with Crippen LogP contribution in [0.4, 0.5) is 5.69 Å². The fourth-order valence-corrected chi connectivity index (χ4v) is 3.05. The Morgan fingerprint density at radius 1 is 1.25 bits per heavy atom. The molecule has 0 saturated heterocycles. The van der Waals surface area contributed by atoms with Crippen LogP contribution < -0.4 is 5.32 Å². The lowest BCUT2D eigenvalue weighted by Crippen LogP contribution is -2.19. The molecule has 1 atom stereocenters. The summed E-state index contributed by atoms with van der Waals surface area (Å²) in [5.74, 6) is 1.57. The van der Waals surface area contributed by atoms with Crippen molar-refractivity contribution < 1.29 is 5.11 Å². The molecule has 20 heavy (non-hydrogen) atoms. The average molecular weight is 340 g/mol. The fourth-order valence-electron chi connectivity index (χ4n) is 2.89. The highest BCUT2D eigenvalue weighted by Crippen LogP contribution is 2.40. The van der Waals surface area contributed by atoms with E-state index in [9.17, 15) is 5.11 Å². The highest BCUT2D eigenvalue weighted by atomic mass is 79.9. The average Bonchev–Trinajstić information content (AvgIpc) is 2.46. The number of nitrogens with one attached hydrogen (secondary N) is 1. The largest absolute Gasteiger partial charge is 0.505 e. The quantitative estimate of drug-likeness (QED) is 0.565. The van der Waals surface area contributed by atoms with Gasteiger partial charge in [-0.3, -0.25) is 0 Å². The molecular weight excluding hydrogens is 314 g/mol. The van der Waals surface area contributed by atoms with Gasteiger partial charge in [-0.15, -0.1) is 0 Å². The van der Waals surface area contributed by atoms with Gasteiger partial charge in [0.05, 0.1) is 5.69 Å². The Morgan fingerprint density at radius 2 is 1.95 bits per heavy atom. The molecule has 1 fully saturated rings. The zero-order chi connectivity index (χ0) is 14.5. The van der Waals surface area contributed by atoms with E-state index in [-0.39, 0.29) is 0 Å². The molecule has 2 rings (SSSR count). The number of hydrogen-bond donors (Lipinski definition) is 2. The van der Waals surface area contributed by atoms with E-state index in [1.165, 1.54) is 32.1 Å². The molecule has 112 valence electrons. The summed E-state index contributed by atoms with van der Waals surface area (Å²) >= 11 is 3.68. The number of phenolic OH excluding ortho intramolecular Hbond substituents is 1. The van der Waals surface area contributed by atoms with Gasteiger partial charge in [0.2, 0.25) is 0 Å². The molecule has 2 nitrogen and oxygen atoms in total. The van der Waals surface area contributed by atoms with Crippen LogP contribution in [0.3, 0.4) is 0 Å². The van der Waals surface area contributed by atoms with Crippen molar-refractivity contribution in [2.75, 3.05) is 11.9 Å². The van der Waals surface area contributed by atoms with Crippen molar-refractivity contribution in [2.45, 2.75) is 56.7 Å². The van der Waals surface area contributed by atoms with Crippen molar-refractivity contribution in [1.82, 2.24) is 0 Å². The Bertz CT molecular complexity index is 427. The first-order chi connectivity index (χ1) is 9.59. The third-order valence-electron chi connectivity index (χ3n) is 4.32. The van der Waals surface area contributed by atoms with Crippen LogP contribution in [0.15, 0.2) is 18.2 Å². The summed E-state index contributed by atoms with van der Waals surface area (Å²) in [6.45, 7) is 5.22. The monoisotopic (exact) mass is 339 g/mol. The Kier molecular flexibility index (Phi) is 5.76. The van der Waals surface area contributed by atoms with E-state index in [0.717, 1.165) is 17.8 Å². The van der Waals surface area contributed by atoms with Crippen molar-refractivity contribution in [3.63, 3.8) is 0 Å². The summed E-state index contributed by atoms with van der Waals surface area (Å²) in [5, 5.41) is 13.9. The number of para-hydroxylation sites is 1. The van der Waals surface area contributed by atoms with Crippen LogP contribution in [-0.4, -0.2) is 16.5 Å². The maximum atomic E-state index is 10.5. The highest BCUT2D eigenvalue weighted by Gasteiger charge is 2.20. The van der Waals surface area contributed by atoms with E-state index in [1.807, 2.05) is 6.07 Å². The highest BCUT2D eigenvalue weighted by molar-refractivity contribution is 9.09. The normalized spacial score (nSPS) is 18.2. The van der Waals surface area contributed by atoms with E-state index in [0.29, 0.717) is 22.4 Å². The summed E-state index contributed by atoms with van der Waals surface area (Å²) in [6, 6.07) is 6.12. The van der Waals surface area contributed by atoms with Crippen LogP contribution >= 0.6 is 15.9 Å². The summed E-state index contributed by atoms with van der Waals surface area (Å²) in [6.07, 6.45) is 6.35. The van der Waals surface area contributed by atoms with E-state index < -0.39 is 0 Å². The SMILES string of the molecule is CC(C)C(Br)CNc1cccc(C2CCCCC2)c1O. The van der Waals surface area contributed by atoms with Gasteiger partial charge in [0.1, 0.15) is 5.75 Å². The number of hydrogen-bond acceptors (Lipinski definition) is 2. The number of halogens is 1. The van der Waals surface area contributed by atoms with Crippen LogP contribution in [0, 0.1) is 5.92 Å². The molecule has 0 heterocycles. The first-order valence-corrected chi connectivity index (χ1v) is 8.71. The van der Waals surface area contributed by atoms with E-state index in [1.54, 1.807) is 0 Å². The Hall–Kier alpha value is -0.700. The molecule has 0 radical (unpaired) electrons. The molecule has 1 aliphatic carbocycles. The summed E-state index contributed by atoms with van der Waals surface area (Å²) in [5.41, 5.74) is 2.00. The van der Waals surface area contributed by atoms with Gasteiger partial charge in [-0.1, -0.05) is 61.2 Å². The molecular formula is C17H26BrNO. The van der Waals surface area contributed by atoms with Crippen molar-refractivity contribution >= 4 is 21.6 Å². The Morgan fingerprint density at radius 3 is 2.60 bits per heavy atom. The fraction of sp³-hybridized carbons (Fsp3) is 0.647. The number of phenols is 1. The molecule has 0 aliphatic heterocycles. The van der Waals surface area contributed by atoms with E-state index >= 15 is 0 Å². The van der Waals surface area contributed by atoms with Crippen LogP contribution in [-0.2, 0) is 0 Å². The molecule has 0 spiro atoms. The summed E-state index contributed by atoms with van der Waals surface area (Å²) in [4.78, 5) is 0.417. The molecule has 1 aromatic carbocycles. The maximum absolute atomic E-state index is 10.5. The van der Waals surface area contributed by atoms with Gasteiger partial charge in [0.25, 0.3) is 0 Å². The minimum absolute atomic E-state index is 0.417. The summed E-state index contributed by atoms with van der Waals surface area (Å²) in [7, 11) is 0. The molecule has 2 N–H and O–H groups in total. The van der Waals surface area contributed by atoms with E-state index in [4.69, 9.17) is 0 Å². The molecule has 0 aromatic heterocycles. The Labute approximate surface area is 131 Å². The molecule has 1 aromatic rings. The molecule has 1 saturated carbocycles. The summed E-state index contributed by atoms with van der Waals surface area (Å²) < 4.78 is 0. The van der Waals surface area contributed by atoms with Crippen molar-refractivity contribution in [3.05, 3.63) is 23.8 Å². The molecule has 3 heteroatoms. The maximum Gasteiger partial charge on any atom is 0.142 e. The standard InChI is InChI=1S/C17H26BrNO/c1-12(2)15(18)11-19-16-10-6-9-14(17(16)20)13-7-4-3-5-8-13/h6,9-10,12-13,15,19-20H,3-5,7-8,11H2,1-2H3. The third-order valence-corrected chi connectivity index (χ3v) is 5.70. The number of rotatable bonds is 5. The first-order valence-electron chi connectivity index (χ1n) is 7.79. The minimum Gasteiger partial charge on any atom is -0.505 e. The predicted octanol–water partition coefficient (Wildman–Crippen LogP) is 5.27. The molecule has 1 unspecified atom stereocenters.